The standard InChI is InChI=1S/C10H23NO2/c1-5-7-11-10(8-13-6-2)9(3)12-4/h9-11H,5-8H2,1-4H3. The lowest BCUT2D eigenvalue weighted by Gasteiger charge is -2.23. The van der Waals surface area contributed by atoms with Crippen LogP contribution in [0.2, 0.25) is 0 Å². The highest BCUT2D eigenvalue weighted by molar-refractivity contribution is 4.72. The third kappa shape index (κ3) is 6.02. The van der Waals surface area contributed by atoms with Crippen molar-refractivity contribution >= 4 is 0 Å². The van der Waals surface area contributed by atoms with Gasteiger partial charge in [-0.25, -0.2) is 0 Å². The molecule has 0 aromatic carbocycles. The number of ether oxygens (including phenoxy) is 2. The van der Waals surface area contributed by atoms with Crippen LogP contribution in [0.25, 0.3) is 0 Å². The fourth-order valence-electron chi connectivity index (χ4n) is 1.10. The molecule has 0 radical (unpaired) electrons. The van der Waals surface area contributed by atoms with Crippen molar-refractivity contribution in [1.82, 2.24) is 5.32 Å². The molecule has 0 fully saturated rings. The Morgan fingerprint density at radius 1 is 1.31 bits per heavy atom. The molecule has 80 valence electrons. The van der Waals surface area contributed by atoms with E-state index in [9.17, 15) is 0 Å². The van der Waals surface area contributed by atoms with E-state index >= 15 is 0 Å². The molecule has 0 aromatic heterocycles. The molecule has 2 unspecified atom stereocenters. The average molecular weight is 189 g/mol. The van der Waals surface area contributed by atoms with Gasteiger partial charge < -0.3 is 14.8 Å². The number of rotatable bonds is 8. The van der Waals surface area contributed by atoms with E-state index in [2.05, 4.69) is 19.2 Å². The Labute approximate surface area is 81.8 Å². The third-order valence-corrected chi connectivity index (χ3v) is 2.10. The molecule has 13 heavy (non-hydrogen) atoms. The molecule has 0 aliphatic carbocycles. The molecule has 0 aliphatic rings. The normalized spacial score (nSPS) is 15.7. The maximum atomic E-state index is 5.37. The van der Waals surface area contributed by atoms with Crippen molar-refractivity contribution in [3.8, 4) is 0 Å². The van der Waals surface area contributed by atoms with E-state index in [1.165, 1.54) is 0 Å². The van der Waals surface area contributed by atoms with E-state index in [0.29, 0.717) is 6.04 Å². The molecule has 3 nitrogen and oxygen atoms in total. The van der Waals surface area contributed by atoms with Gasteiger partial charge in [-0.2, -0.15) is 0 Å². The predicted octanol–water partition coefficient (Wildman–Crippen LogP) is 1.43. The van der Waals surface area contributed by atoms with Gasteiger partial charge >= 0.3 is 0 Å². The third-order valence-electron chi connectivity index (χ3n) is 2.10. The first-order valence-electron chi connectivity index (χ1n) is 5.10. The lowest BCUT2D eigenvalue weighted by atomic mass is 10.2. The first kappa shape index (κ1) is 12.9. The van der Waals surface area contributed by atoms with Gasteiger partial charge in [0.05, 0.1) is 18.8 Å². The van der Waals surface area contributed by atoms with Gasteiger partial charge in [0.2, 0.25) is 0 Å². The van der Waals surface area contributed by atoms with Gasteiger partial charge in [-0.1, -0.05) is 6.92 Å². The highest BCUT2D eigenvalue weighted by atomic mass is 16.5. The molecule has 1 N–H and O–H groups in total. The Morgan fingerprint density at radius 3 is 2.46 bits per heavy atom. The highest BCUT2D eigenvalue weighted by Crippen LogP contribution is 1.98. The lowest BCUT2D eigenvalue weighted by molar-refractivity contribution is 0.0342. The maximum Gasteiger partial charge on any atom is 0.0718 e. The number of nitrogens with one attached hydrogen (secondary N) is 1. The van der Waals surface area contributed by atoms with Crippen LogP contribution in [0.3, 0.4) is 0 Å². The van der Waals surface area contributed by atoms with Crippen molar-refractivity contribution in [3.63, 3.8) is 0 Å². The SMILES string of the molecule is CCCNC(COCC)C(C)OC. The highest BCUT2D eigenvalue weighted by Gasteiger charge is 2.15. The monoisotopic (exact) mass is 189 g/mol. The summed E-state index contributed by atoms with van der Waals surface area (Å²) < 4.78 is 10.6. The predicted molar refractivity (Wildman–Crippen MR) is 55.0 cm³/mol. The van der Waals surface area contributed by atoms with Crippen molar-refractivity contribution < 1.29 is 9.47 Å². The van der Waals surface area contributed by atoms with Gasteiger partial charge in [0.25, 0.3) is 0 Å². The molecule has 0 heterocycles. The first-order valence-corrected chi connectivity index (χ1v) is 5.10. The molecule has 0 aliphatic heterocycles. The minimum Gasteiger partial charge on any atom is -0.380 e. The Morgan fingerprint density at radius 2 is 2.00 bits per heavy atom. The Hall–Kier alpha value is -0.120. The summed E-state index contributed by atoms with van der Waals surface area (Å²) in [5.41, 5.74) is 0. The summed E-state index contributed by atoms with van der Waals surface area (Å²) in [5, 5.41) is 3.40. The van der Waals surface area contributed by atoms with Gasteiger partial charge in [-0.3, -0.25) is 0 Å². The van der Waals surface area contributed by atoms with E-state index < -0.39 is 0 Å². The minimum absolute atomic E-state index is 0.207. The second-order valence-electron chi connectivity index (χ2n) is 3.16. The summed E-state index contributed by atoms with van der Waals surface area (Å²) in [6, 6.07) is 0.310. The summed E-state index contributed by atoms with van der Waals surface area (Å²) in [7, 11) is 1.73. The Bertz CT molecular complexity index is 101. The largest absolute Gasteiger partial charge is 0.380 e. The zero-order chi connectivity index (χ0) is 10.1. The van der Waals surface area contributed by atoms with Gasteiger partial charge in [0.15, 0.2) is 0 Å². The second kappa shape index (κ2) is 8.48. The number of hydrogen-bond donors (Lipinski definition) is 1. The molecule has 0 amide bonds. The van der Waals surface area contributed by atoms with Crippen LogP contribution in [0.1, 0.15) is 27.2 Å². The van der Waals surface area contributed by atoms with E-state index in [1.54, 1.807) is 7.11 Å². The van der Waals surface area contributed by atoms with Crippen LogP contribution < -0.4 is 5.32 Å². The van der Waals surface area contributed by atoms with Crippen molar-refractivity contribution in [2.45, 2.75) is 39.3 Å². The lowest BCUT2D eigenvalue weighted by Crippen LogP contribution is -2.43. The molecule has 0 aromatic rings. The van der Waals surface area contributed by atoms with Crippen LogP contribution in [0.15, 0.2) is 0 Å². The van der Waals surface area contributed by atoms with E-state index in [4.69, 9.17) is 9.47 Å². The topological polar surface area (TPSA) is 30.5 Å². The zero-order valence-electron chi connectivity index (χ0n) is 9.30. The van der Waals surface area contributed by atoms with Crippen molar-refractivity contribution in [1.29, 1.82) is 0 Å². The van der Waals surface area contributed by atoms with Crippen LogP contribution in [0.4, 0.5) is 0 Å². The summed E-state index contributed by atoms with van der Waals surface area (Å²) in [6.45, 7) is 8.74. The quantitative estimate of drug-likeness (QED) is 0.626. The average Bonchev–Trinajstić information content (AvgIpc) is 2.17. The molecule has 2 atom stereocenters. The van der Waals surface area contributed by atoms with E-state index in [1.807, 2.05) is 6.92 Å². The number of methoxy groups -OCH3 is 1. The molecule has 3 heteroatoms. The van der Waals surface area contributed by atoms with E-state index in [-0.39, 0.29) is 6.10 Å². The van der Waals surface area contributed by atoms with Gasteiger partial charge in [-0.05, 0) is 26.8 Å². The van der Waals surface area contributed by atoms with Gasteiger partial charge in [0.1, 0.15) is 0 Å². The van der Waals surface area contributed by atoms with Crippen molar-refractivity contribution in [2.75, 3.05) is 26.9 Å². The smallest absolute Gasteiger partial charge is 0.0718 e. The first-order chi connectivity index (χ1) is 6.26. The van der Waals surface area contributed by atoms with E-state index in [0.717, 1.165) is 26.2 Å². The summed E-state index contributed by atoms with van der Waals surface area (Å²) >= 11 is 0. The molecule has 0 bridgehead atoms. The van der Waals surface area contributed by atoms with Crippen LogP contribution in [-0.2, 0) is 9.47 Å². The van der Waals surface area contributed by atoms with Crippen LogP contribution in [-0.4, -0.2) is 39.0 Å². The van der Waals surface area contributed by atoms with Gasteiger partial charge in [-0.15, -0.1) is 0 Å². The maximum absolute atomic E-state index is 5.37. The molecule has 0 spiro atoms. The minimum atomic E-state index is 0.207. The fourth-order valence-corrected chi connectivity index (χ4v) is 1.10. The molecular formula is C10H23NO2. The second-order valence-corrected chi connectivity index (χ2v) is 3.16. The number of hydrogen-bond acceptors (Lipinski definition) is 3. The summed E-state index contributed by atoms with van der Waals surface area (Å²) in [5.74, 6) is 0. The van der Waals surface area contributed by atoms with Crippen LogP contribution in [0, 0.1) is 0 Å². The summed E-state index contributed by atoms with van der Waals surface area (Å²) in [6.07, 6.45) is 1.34. The van der Waals surface area contributed by atoms with Gasteiger partial charge in [0, 0.05) is 13.7 Å². The van der Waals surface area contributed by atoms with Crippen LogP contribution >= 0.6 is 0 Å². The van der Waals surface area contributed by atoms with Crippen LogP contribution in [0.5, 0.6) is 0 Å². The molecule has 0 rings (SSSR count). The summed E-state index contributed by atoms with van der Waals surface area (Å²) in [4.78, 5) is 0. The fraction of sp³-hybridized carbons (Fsp3) is 1.00. The Balaban J connectivity index is 3.72. The van der Waals surface area contributed by atoms with Crippen molar-refractivity contribution in [3.05, 3.63) is 0 Å². The molecule has 0 saturated carbocycles. The molecule has 0 saturated heterocycles. The zero-order valence-corrected chi connectivity index (χ0v) is 9.30. The van der Waals surface area contributed by atoms with Crippen molar-refractivity contribution in [2.24, 2.45) is 0 Å². The Kier molecular flexibility index (Phi) is 8.40. The molecular weight excluding hydrogens is 166 g/mol.